The van der Waals surface area contributed by atoms with Gasteiger partial charge in [0.05, 0.1) is 6.54 Å². The van der Waals surface area contributed by atoms with Crippen molar-refractivity contribution in [1.82, 2.24) is 25.0 Å². The van der Waals surface area contributed by atoms with Crippen LogP contribution in [0, 0.1) is 5.92 Å². The molecule has 6 nitrogen and oxygen atoms in total. The number of hydrogen-bond donors (Lipinski definition) is 1. The first kappa shape index (κ1) is 15.0. The number of nitrogens with zero attached hydrogens (tertiary/aromatic N) is 4. The zero-order valence-corrected chi connectivity index (χ0v) is 12.5. The maximum atomic E-state index is 11.9. The van der Waals surface area contributed by atoms with Crippen molar-refractivity contribution >= 4 is 5.91 Å². The highest BCUT2D eigenvalue weighted by atomic mass is 16.2. The van der Waals surface area contributed by atoms with Crippen molar-refractivity contribution < 1.29 is 4.79 Å². The zero-order chi connectivity index (χ0) is 14.4. The summed E-state index contributed by atoms with van der Waals surface area (Å²) in [6.45, 7) is 8.43. The lowest BCUT2D eigenvalue weighted by Gasteiger charge is -2.15. The smallest absolute Gasteiger partial charge is 0.223 e. The number of likely N-dealkylation sites (tertiary alicyclic amines) is 1. The van der Waals surface area contributed by atoms with Crippen LogP contribution in [0.3, 0.4) is 0 Å². The Kier molecular flexibility index (Phi) is 5.52. The highest BCUT2D eigenvalue weighted by Crippen LogP contribution is 2.08. The van der Waals surface area contributed by atoms with E-state index in [1.54, 1.807) is 6.33 Å². The number of hydrogen-bond acceptors (Lipinski definition) is 4. The van der Waals surface area contributed by atoms with Crippen LogP contribution in [0.5, 0.6) is 0 Å². The maximum absolute atomic E-state index is 11.9. The lowest BCUT2D eigenvalue weighted by molar-refractivity contribution is -0.130. The summed E-state index contributed by atoms with van der Waals surface area (Å²) in [5.41, 5.74) is 0. The van der Waals surface area contributed by atoms with Crippen molar-refractivity contribution in [2.24, 2.45) is 5.92 Å². The van der Waals surface area contributed by atoms with E-state index in [1.807, 2.05) is 9.58 Å². The molecule has 0 radical (unpaired) electrons. The van der Waals surface area contributed by atoms with Gasteiger partial charge in [0.25, 0.3) is 0 Å². The zero-order valence-electron chi connectivity index (χ0n) is 12.5. The number of nitrogens with one attached hydrogen (secondary N) is 1. The van der Waals surface area contributed by atoms with Crippen molar-refractivity contribution in [3.8, 4) is 0 Å². The maximum Gasteiger partial charge on any atom is 0.223 e. The van der Waals surface area contributed by atoms with Gasteiger partial charge in [-0.15, -0.1) is 0 Å². The molecule has 1 N–H and O–H groups in total. The van der Waals surface area contributed by atoms with Gasteiger partial charge in [0.2, 0.25) is 5.91 Å². The largest absolute Gasteiger partial charge is 0.343 e. The molecule has 0 atom stereocenters. The summed E-state index contributed by atoms with van der Waals surface area (Å²) in [6.07, 6.45) is 4.46. The fourth-order valence-electron chi connectivity index (χ4n) is 2.44. The summed E-state index contributed by atoms with van der Waals surface area (Å²) in [7, 11) is 0. The molecular formula is C14H25N5O. The SMILES string of the molecule is CC(C)Cn1ncnc1CNCCC(=O)N1CCCC1. The highest BCUT2D eigenvalue weighted by Gasteiger charge is 2.17. The molecule has 1 aromatic heterocycles. The van der Waals surface area contributed by atoms with Gasteiger partial charge in [-0.1, -0.05) is 13.8 Å². The van der Waals surface area contributed by atoms with E-state index < -0.39 is 0 Å². The summed E-state index contributed by atoms with van der Waals surface area (Å²) in [5, 5.41) is 7.51. The Labute approximate surface area is 120 Å². The van der Waals surface area contributed by atoms with Crippen LogP contribution in [0.1, 0.15) is 38.9 Å². The molecule has 1 amide bonds. The molecule has 0 spiro atoms. The van der Waals surface area contributed by atoms with Crippen LogP contribution in [-0.4, -0.2) is 45.2 Å². The third-order valence-corrected chi connectivity index (χ3v) is 3.49. The van der Waals surface area contributed by atoms with Gasteiger partial charge >= 0.3 is 0 Å². The molecule has 0 bridgehead atoms. The fraction of sp³-hybridized carbons (Fsp3) is 0.786. The van der Waals surface area contributed by atoms with Gasteiger partial charge in [-0.05, 0) is 18.8 Å². The minimum absolute atomic E-state index is 0.263. The van der Waals surface area contributed by atoms with E-state index in [0.717, 1.165) is 38.3 Å². The van der Waals surface area contributed by atoms with Crippen LogP contribution in [0.4, 0.5) is 0 Å². The van der Waals surface area contributed by atoms with Crippen LogP contribution < -0.4 is 5.32 Å². The molecule has 2 heterocycles. The minimum Gasteiger partial charge on any atom is -0.343 e. The Morgan fingerprint density at radius 2 is 2.15 bits per heavy atom. The molecule has 0 aliphatic carbocycles. The summed E-state index contributed by atoms with van der Waals surface area (Å²) < 4.78 is 1.93. The van der Waals surface area contributed by atoms with E-state index in [4.69, 9.17) is 0 Å². The van der Waals surface area contributed by atoms with Crippen molar-refractivity contribution in [3.05, 3.63) is 12.2 Å². The molecule has 1 aliphatic heterocycles. The first-order valence-electron chi connectivity index (χ1n) is 7.52. The van der Waals surface area contributed by atoms with E-state index in [2.05, 4.69) is 29.2 Å². The molecule has 1 aromatic rings. The highest BCUT2D eigenvalue weighted by molar-refractivity contribution is 5.76. The van der Waals surface area contributed by atoms with Crippen LogP contribution in [0.25, 0.3) is 0 Å². The van der Waals surface area contributed by atoms with Crippen molar-refractivity contribution in [2.45, 2.75) is 46.2 Å². The van der Waals surface area contributed by atoms with E-state index in [9.17, 15) is 4.79 Å². The van der Waals surface area contributed by atoms with Crippen LogP contribution in [0.15, 0.2) is 6.33 Å². The van der Waals surface area contributed by atoms with Crippen LogP contribution >= 0.6 is 0 Å². The van der Waals surface area contributed by atoms with Crippen molar-refractivity contribution in [1.29, 1.82) is 0 Å². The molecule has 0 unspecified atom stereocenters. The Balaban J connectivity index is 1.68. The number of rotatable bonds is 7. The Morgan fingerprint density at radius 1 is 1.40 bits per heavy atom. The number of amides is 1. The average Bonchev–Trinajstić information content (AvgIpc) is 3.05. The predicted molar refractivity (Wildman–Crippen MR) is 77.0 cm³/mol. The molecule has 2 rings (SSSR count). The summed E-state index contributed by atoms with van der Waals surface area (Å²) in [6, 6.07) is 0. The monoisotopic (exact) mass is 279 g/mol. The van der Waals surface area contributed by atoms with Gasteiger partial charge in [-0.2, -0.15) is 5.10 Å². The van der Waals surface area contributed by atoms with Gasteiger partial charge in [0.1, 0.15) is 12.2 Å². The molecular weight excluding hydrogens is 254 g/mol. The van der Waals surface area contributed by atoms with Gasteiger partial charge in [0.15, 0.2) is 0 Å². The predicted octanol–water partition coefficient (Wildman–Crippen LogP) is 1.04. The fourth-order valence-corrected chi connectivity index (χ4v) is 2.44. The average molecular weight is 279 g/mol. The van der Waals surface area contributed by atoms with Crippen molar-refractivity contribution in [3.63, 3.8) is 0 Å². The molecule has 1 fully saturated rings. The molecule has 0 saturated carbocycles. The molecule has 1 saturated heterocycles. The number of aromatic nitrogens is 3. The summed E-state index contributed by atoms with van der Waals surface area (Å²) in [5.74, 6) is 1.75. The van der Waals surface area contributed by atoms with Gasteiger partial charge < -0.3 is 10.2 Å². The Bertz CT molecular complexity index is 423. The number of carbonyl (C=O) groups is 1. The molecule has 6 heteroatoms. The molecule has 20 heavy (non-hydrogen) atoms. The normalized spacial score (nSPS) is 15.2. The quantitative estimate of drug-likeness (QED) is 0.757. The lowest BCUT2D eigenvalue weighted by atomic mass is 10.2. The third kappa shape index (κ3) is 4.30. The second-order valence-corrected chi connectivity index (χ2v) is 5.77. The second-order valence-electron chi connectivity index (χ2n) is 5.77. The van der Waals surface area contributed by atoms with E-state index in [0.29, 0.717) is 25.4 Å². The Hall–Kier alpha value is -1.43. The van der Waals surface area contributed by atoms with Crippen LogP contribution in [-0.2, 0) is 17.9 Å². The molecule has 1 aliphatic rings. The Morgan fingerprint density at radius 3 is 2.85 bits per heavy atom. The third-order valence-electron chi connectivity index (χ3n) is 3.49. The topological polar surface area (TPSA) is 63.1 Å². The van der Waals surface area contributed by atoms with Crippen molar-refractivity contribution in [2.75, 3.05) is 19.6 Å². The summed E-state index contributed by atoms with van der Waals surface area (Å²) in [4.78, 5) is 18.1. The van der Waals surface area contributed by atoms with Gasteiger partial charge in [-0.25, -0.2) is 9.67 Å². The first-order chi connectivity index (χ1) is 9.66. The van der Waals surface area contributed by atoms with Gasteiger partial charge in [0, 0.05) is 32.6 Å². The second kappa shape index (κ2) is 7.38. The van der Waals surface area contributed by atoms with Crippen LogP contribution in [0.2, 0.25) is 0 Å². The molecule has 0 aromatic carbocycles. The molecule has 112 valence electrons. The first-order valence-corrected chi connectivity index (χ1v) is 7.52. The minimum atomic E-state index is 0.263. The lowest BCUT2D eigenvalue weighted by Crippen LogP contribution is -2.31. The van der Waals surface area contributed by atoms with Gasteiger partial charge in [-0.3, -0.25) is 4.79 Å². The standard InChI is InChI=1S/C14H25N5O/c1-12(2)10-19-13(16-11-17-19)9-15-6-5-14(20)18-7-3-4-8-18/h11-12,15H,3-10H2,1-2H3. The van der Waals surface area contributed by atoms with E-state index >= 15 is 0 Å². The summed E-state index contributed by atoms with van der Waals surface area (Å²) >= 11 is 0. The van der Waals surface area contributed by atoms with E-state index in [-0.39, 0.29) is 5.91 Å². The number of carbonyl (C=O) groups excluding carboxylic acids is 1. The van der Waals surface area contributed by atoms with E-state index in [1.165, 1.54) is 0 Å².